The third-order valence-corrected chi connectivity index (χ3v) is 3.70. The summed E-state index contributed by atoms with van der Waals surface area (Å²) in [4.78, 5) is 21.0. The van der Waals surface area contributed by atoms with E-state index in [0.29, 0.717) is 0 Å². The van der Waals surface area contributed by atoms with Crippen LogP contribution in [0.4, 0.5) is 0 Å². The van der Waals surface area contributed by atoms with Crippen molar-refractivity contribution in [3.05, 3.63) is 29.6 Å². The Morgan fingerprint density at radius 2 is 2.20 bits per heavy atom. The lowest BCUT2D eigenvalue weighted by atomic mass is 10.2. The van der Waals surface area contributed by atoms with Crippen molar-refractivity contribution in [2.75, 3.05) is 39.3 Å². The second-order valence-electron chi connectivity index (χ2n) is 5.32. The average Bonchev–Trinajstić information content (AvgIpc) is 2.70. The predicted molar refractivity (Wildman–Crippen MR) is 79.6 cm³/mol. The highest BCUT2D eigenvalue weighted by molar-refractivity contribution is 5.94. The Morgan fingerprint density at radius 1 is 1.35 bits per heavy atom. The van der Waals surface area contributed by atoms with Crippen LogP contribution in [0.5, 0.6) is 0 Å². The van der Waals surface area contributed by atoms with Gasteiger partial charge in [0.15, 0.2) is 0 Å². The summed E-state index contributed by atoms with van der Waals surface area (Å²) in [6, 6.07) is 3.66. The molecule has 1 fully saturated rings. The largest absolute Gasteiger partial charge is 0.337 e. The number of aromatic nitrogens is 1. The predicted octanol–water partition coefficient (Wildman–Crippen LogP) is 0.887. The van der Waals surface area contributed by atoms with Gasteiger partial charge in [-0.1, -0.05) is 0 Å². The van der Waals surface area contributed by atoms with E-state index in [0.717, 1.165) is 63.4 Å². The zero-order valence-corrected chi connectivity index (χ0v) is 12.2. The van der Waals surface area contributed by atoms with Crippen molar-refractivity contribution >= 4 is 5.91 Å². The number of hydrogen-bond acceptors (Lipinski definition) is 4. The summed E-state index contributed by atoms with van der Waals surface area (Å²) in [6.07, 6.45) is 3.76. The molecule has 1 amide bonds. The quantitative estimate of drug-likeness (QED) is 0.887. The third kappa shape index (κ3) is 4.02. The lowest BCUT2D eigenvalue weighted by Gasteiger charge is -2.22. The van der Waals surface area contributed by atoms with Crippen LogP contribution in [0.25, 0.3) is 0 Å². The SMILES string of the molecule is Cc1cc(C(=O)N2CCCN(CCCN)CC2)ccn1. The summed E-state index contributed by atoms with van der Waals surface area (Å²) in [5, 5.41) is 0. The molecule has 0 unspecified atom stereocenters. The van der Waals surface area contributed by atoms with Gasteiger partial charge in [-0.3, -0.25) is 9.78 Å². The van der Waals surface area contributed by atoms with E-state index in [-0.39, 0.29) is 5.91 Å². The minimum atomic E-state index is 0.121. The molecule has 20 heavy (non-hydrogen) atoms. The van der Waals surface area contributed by atoms with Gasteiger partial charge in [-0.15, -0.1) is 0 Å². The van der Waals surface area contributed by atoms with Crippen LogP contribution in [0.15, 0.2) is 18.3 Å². The fraction of sp³-hybridized carbons (Fsp3) is 0.600. The molecule has 0 aliphatic carbocycles. The van der Waals surface area contributed by atoms with E-state index in [1.807, 2.05) is 17.9 Å². The molecule has 1 aromatic heterocycles. The lowest BCUT2D eigenvalue weighted by molar-refractivity contribution is 0.0761. The van der Waals surface area contributed by atoms with Crippen LogP contribution in [-0.2, 0) is 0 Å². The first kappa shape index (κ1) is 14.9. The van der Waals surface area contributed by atoms with Crippen molar-refractivity contribution in [2.45, 2.75) is 19.8 Å². The van der Waals surface area contributed by atoms with Crippen LogP contribution in [0.2, 0.25) is 0 Å². The summed E-state index contributed by atoms with van der Waals surface area (Å²) in [5.41, 5.74) is 7.18. The van der Waals surface area contributed by atoms with E-state index in [4.69, 9.17) is 5.73 Å². The van der Waals surface area contributed by atoms with E-state index in [1.165, 1.54) is 0 Å². The Kier molecular flexibility index (Phi) is 5.49. The first-order valence-corrected chi connectivity index (χ1v) is 7.35. The van der Waals surface area contributed by atoms with Crippen molar-refractivity contribution < 1.29 is 4.79 Å². The Hall–Kier alpha value is -1.46. The number of aryl methyl sites for hydroxylation is 1. The molecule has 0 bridgehead atoms. The fourth-order valence-corrected chi connectivity index (χ4v) is 2.57. The zero-order valence-electron chi connectivity index (χ0n) is 12.2. The Bertz CT molecular complexity index is 449. The highest BCUT2D eigenvalue weighted by Gasteiger charge is 2.20. The second kappa shape index (κ2) is 7.36. The van der Waals surface area contributed by atoms with Gasteiger partial charge in [0.2, 0.25) is 0 Å². The maximum atomic E-state index is 12.5. The molecule has 1 aliphatic heterocycles. The van der Waals surface area contributed by atoms with Gasteiger partial charge in [-0.25, -0.2) is 0 Å². The molecule has 0 spiro atoms. The molecular weight excluding hydrogens is 252 g/mol. The van der Waals surface area contributed by atoms with Crippen LogP contribution < -0.4 is 5.73 Å². The summed E-state index contributed by atoms with van der Waals surface area (Å²) in [5.74, 6) is 0.121. The molecule has 0 radical (unpaired) electrons. The Balaban J connectivity index is 1.94. The summed E-state index contributed by atoms with van der Waals surface area (Å²) < 4.78 is 0. The van der Waals surface area contributed by atoms with Crippen molar-refractivity contribution in [1.29, 1.82) is 0 Å². The zero-order chi connectivity index (χ0) is 14.4. The molecule has 1 aromatic rings. The number of carbonyl (C=O) groups is 1. The molecule has 5 heteroatoms. The molecule has 0 atom stereocenters. The van der Waals surface area contributed by atoms with Crippen LogP contribution in [0, 0.1) is 6.92 Å². The first-order valence-electron chi connectivity index (χ1n) is 7.35. The summed E-state index contributed by atoms with van der Waals surface area (Å²) in [7, 11) is 0. The number of nitrogens with two attached hydrogens (primary N) is 1. The van der Waals surface area contributed by atoms with Crippen molar-refractivity contribution in [3.8, 4) is 0 Å². The maximum absolute atomic E-state index is 12.5. The van der Waals surface area contributed by atoms with Gasteiger partial charge in [-0.05, 0) is 51.5 Å². The van der Waals surface area contributed by atoms with Crippen molar-refractivity contribution in [2.24, 2.45) is 5.73 Å². The standard InChI is InChI=1S/C15H24N4O/c1-13-12-14(4-6-17-13)15(20)19-9-3-8-18(10-11-19)7-2-5-16/h4,6,12H,2-3,5,7-11,16H2,1H3. The van der Waals surface area contributed by atoms with Gasteiger partial charge in [0.25, 0.3) is 5.91 Å². The Labute approximate surface area is 120 Å². The summed E-state index contributed by atoms with van der Waals surface area (Å²) >= 11 is 0. The molecule has 2 heterocycles. The molecule has 1 saturated heterocycles. The molecule has 5 nitrogen and oxygen atoms in total. The van der Waals surface area contributed by atoms with Crippen LogP contribution in [0.3, 0.4) is 0 Å². The van der Waals surface area contributed by atoms with Gasteiger partial charge in [0.05, 0.1) is 0 Å². The van der Waals surface area contributed by atoms with Crippen LogP contribution >= 0.6 is 0 Å². The maximum Gasteiger partial charge on any atom is 0.254 e. The smallest absolute Gasteiger partial charge is 0.254 e. The van der Waals surface area contributed by atoms with E-state index in [2.05, 4.69) is 9.88 Å². The third-order valence-electron chi connectivity index (χ3n) is 3.70. The van der Waals surface area contributed by atoms with Crippen LogP contribution in [0.1, 0.15) is 28.9 Å². The molecule has 110 valence electrons. The van der Waals surface area contributed by atoms with E-state index in [1.54, 1.807) is 12.3 Å². The second-order valence-corrected chi connectivity index (χ2v) is 5.32. The molecular formula is C15H24N4O. The first-order chi connectivity index (χ1) is 9.70. The van der Waals surface area contributed by atoms with Crippen molar-refractivity contribution in [3.63, 3.8) is 0 Å². The minimum absolute atomic E-state index is 0.121. The fourth-order valence-electron chi connectivity index (χ4n) is 2.57. The molecule has 1 aliphatic rings. The number of amides is 1. The molecule has 0 aromatic carbocycles. The number of pyridine rings is 1. The lowest BCUT2D eigenvalue weighted by Crippen LogP contribution is -2.35. The summed E-state index contributed by atoms with van der Waals surface area (Å²) in [6.45, 7) is 7.30. The monoisotopic (exact) mass is 276 g/mol. The van der Waals surface area contributed by atoms with Gasteiger partial charge in [-0.2, -0.15) is 0 Å². The normalized spacial score (nSPS) is 17.0. The molecule has 2 N–H and O–H groups in total. The number of carbonyl (C=O) groups excluding carboxylic acids is 1. The van der Waals surface area contributed by atoms with Gasteiger partial charge in [0.1, 0.15) is 0 Å². The topological polar surface area (TPSA) is 62.5 Å². The van der Waals surface area contributed by atoms with E-state index < -0.39 is 0 Å². The highest BCUT2D eigenvalue weighted by atomic mass is 16.2. The van der Waals surface area contributed by atoms with E-state index in [9.17, 15) is 4.79 Å². The Morgan fingerprint density at radius 3 is 2.95 bits per heavy atom. The minimum Gasteiger partial charge on any atom is -0.337 e. The van der Waals surface area contributed by atoms with E-state index >= 15 is 0 Å². The van der Waals surface area contributed by atoms with Crippen molar-refractivity contribution in [1.82, 2.24) is 14.8 Å². The number of rotatable bonds is 4. The van der Waals surface area contributed by atoms with Gasteiger partial charge in [0, 0.05) is 37.1 Å². The number of hydrogen-bond donors (Lipinski definition) is 1. The van der Waals surface area contributed by atoms with Crippen LogP contribution in [-0.4, -0.2) is 60.0 Å². The highest BCUT2D eigenvalue weighted by Crippen LogP contribution is 2.10. The average molecular weight is 276 g/mol. The molecule has 2 rings (SSSR count). The molecule has 0 saturated carbocycles. The van der Waals surface area contributed by atoms with Gasteiger partial charge >= 0.3 is 0 Å². The van der Waals surface area contributed by atoms with Gasteiger partial charge < -0.3 is 15.5 Å². The number of nitrogens with zero attached hydrogens (tertiary/aromatic N) is 3.